The number of carbonyl (C=O) groups is 1. The van der Waals surface area contributed by atoms with Crippen LogP contribution in [0.25, 0.3) is 15.3 Å². The minimum Gasteiger partial charge on any atom is -0.501 e. The smallest absolute Gasteiger partial charge is 0.345 e. The highest BCUT2D eigenvalue weighted by Gasteiger charge is 2.16. The van der Waals surface area contributed by atoms with Crippen molar-refractivity contribution in [2.45, 2.75) is 13.8 Å². The first-order valence-electron chi connectivity index (χ1n) is 7.02. The zero-order valence-corrected chi connectivity index (χ0v) is 13.9. The summed E-state index contributed by atoms with van der Waals surface area (Å²) in [7, 11) is 1.52. The van der Waals surface area contributed by atoms with E-state index in [0.717, 1.165) is 21.8 Å². The van der Waals surface area contributed by atoms with E-state index in [-0.39, 0.29) is 4.88 Å². The van der Waals surface area contributed by atoms with E-state index in [9.17, 15) is 4.79 Å². The molecule has 6 heteroatoms. The number of benzene rings is 1. The highest BCUT2D eigenvalue weighted by molar-refractivity contribution is 7.17. The number of hydrogen-bond acceptors (Lipinski definition) is 4. The summed E-state index contributed by atoms with van der Waals surface area (Å²) in [5.74, 6) is 0.262. The summed E-state index contributed by atoms with van der Waals surface area (Å²) in [5, 5.41) is 9.03. The predicted molar refractivity (Wildman–Crippen MR) is 89.9 cm³/mol. The van der Waals surface area contributed by atoms with Gasteiger partial charge in [0.05, 0.1) is 20.3 Å². The lowest BCUT2D eigenvalue weighted by atomic mass is 10.1. The van der Waals surface area contributed by atoms with Gasteiger partial charge in [0.25, 0.3) is 0 Å². The van der Waals surface area contributed by atoms with Gasteiger partial charge >= 0.3 is 5.97 Å². The minimum absolute atomic E-state index is 0.253. The fraction of sp³-hybridized carbons (Fsp3) is 0.294. The van der Waals surface area contributed by atoms with Crippen LogP contribution in [-0.4, -0.2) is 24.8 Å². The van der Waals surface area contributed by atoms with Crippen LogP contribution in [0.4, 0.5) is 5.69 Å². The van der Waals surface area contributed by atoms with Crippen LogP contribution in [-0.2, 0) is 0 Å². The first-order chi connectivity index (χ1) is 11.0. The van der Waals surface area contributed by atoms with Gasteiger partial charge in [-0.3, -0.25) is 0 Å². The summed E-state index contributed by atoms with van der Waals surface area (Å²) >= 11 is 1.16. The number of thiophene rings is 1. The molecule has 0 saturated carbocycles. The van der Waals surface area contributed by atoms with Crippen LogP contribution in [0, 0.1) is 12.5 Å². The standard InChI is InChI=1S/C17H17NO4S/c1-10(2)9-22-16-12(18-3)7-11(8-13(16)21-4)14-5-6-15(23-14)17(19)20/h5-8,10H,9H2,1-2,4H3,(H,19,20). The fourth-order valence-electron chi connectivity index (χ4n) is 1.97. The topological polar surface area (TPSA) is 60.1 Å². The van der Waals surface area contributed by atoms with E-state index in [1.165, 1.54) is 7.11 Å². The second-order valence-corrected chi connectivity index (χ2v) is 6.40. The fourth-order valence-corrected chi connectivity index (χ4v) is 2.80. The average molecular weight is 331 g/mol. The van der Waals surface area contributed by atoms with Crippen molar-refractivity contribution in [1.29, 1.82) is 0 Å². The number of rotatable bonds is 6. The van der Waals surface area contributed by atoms with Crippen LogP contribution < -0.4 is 9.47 Å². The van der Waals surface area contributed by atoms with Crippen LogP contribution >= 0.6 is 11.3 Å². The molecule has 1 N–H and O–H groups in total. The molecule has 0 spiro atoms. The molecule has 0 atom stereocenters. The van der Waals surface area contributed by atoms with Gasteiger partial charge in [0.15, 0.2) is 11.5 Å². The summed E-state index contributed by atoms with van der Waals surface area (Å²) < 4.78 is 11.1. The van der Waals surface area contributed by atoms with Gasteiger partial charge in [0, 0.05) is 4.88 Å². The Kier molecular flexibility index (Phi) is 5.24. The molecular weight excluding hydrogens is 314 g/mol. The average Bonchev–Trinajstić information content (AvgIpc) is 3.02. The van der Waals surface area contributed by atoms with Gasteiger partial charge in [-0.25, -0.2) is 9.64 Å². The Morgan fingerprint density at radius 1 is 1.39 bits per heavy atom. The van der Waals surface area contributed by atoms with E-state index in [4.69, 9.17) is 21.2 Å². The lowest BCUT2D eigenvalue weighted by Crippen LogP contribution is -2.05. The highest BCUT2D eigenvalue weighted by atomic mass is 32.1. The van der Waals surface area contributed by atoms with Gasteiger partial charge in [-0.1, -0.05) is 13.8 Å². The quantitative estimate of drug-likeness (QED) is 0.779. The van der Waals surface area contributed by atoms with E-state index in [1.807, 2.05) is 13.8 Å². The lowest BCUT2D eigenvalue weighted by molar-refractivity contribution is 0.0702. The molecule has 0 aliphatic rings. The Hall–Kier alpha value is -2.52. The zero-order chi connectivity index (χ0) is 17.0. The molecule has 0 bridgehead atoms. The van der Waals surface area contributed by atoms with Crippen molar-refractivity contribution in [3.63, 3.8) is 0 Å². The van der Waals surface area contributed by atoms with Crippen molar-refractivity contribution < 1.29 is 19.4 Å². The van der Waals surface area contributed by atoms with Crippen molar-refractivity contribution in [3.05, 3.63) is 40.6 Å². The molecule has 0 saturated heterocycles. The van der Waals surface area contributed by atoms with Crippen LogP contribution in [0.2, 0.25) is 0 Å². The van der Waals surface area contributed by atoms with Gasteiger partial charge in [-0.2, -0.15) is 0 Å². The molecule has 1 heterocycles. The Bertz CT molecular complexity index is 758. The number of hydrogen-bond donors (Lipinski definition) is 1. The molecule has 1 aromatic heterocycles. The summed E-state index contributed by atoms with van der Waals surface area (Å²) in [6, 6.07) is 6.74. The lowest BCUT2D eigenvalue weighted by Gasteiger charge is -2.15. The zero-order valence-electron chi connectivity index (χ0n) is 13.1. The molecule has 2 rings (SSSR count). The second-order valence-electron chi connectivity index (χ2n) is 5.31. The predicted octanol–water partition coefficient (Wildman–Crippen LogP) is 4.71. The minimum atomic E-state index is -0.962. The van der Waals surface area contributed by atoms with Crippen molar-refractivity contribution in [3.8, 4) is 21.9 Å². The van der Waals surface area contributed by atoms with Crippen molar-refractivity contribution in [2.24, 2.45) is 5.92 Å². The third-order valence-corrected chi connectivity index (χ3v) is 4.16. The number of aromatic carboxylic acids is 1. The van der Waals surface area contributed by atoms with E-state index < -0.39 is 5.97 Å². The SMILES string of the molecule is [C-]#[N+]c1cc(-c2ccc(C(=O)O)s2)cc(OC)c1OCC(C)C. The first kappa shape index (κ1) is 16.8. The van der Waals surface area contributed by atoms with Crippen molar-refractivity contribution in [1.82, 2.24) is 0 Å². The number of methoxy groups -OCH3 is 1. The number of carboxylic acids is 1. The maximum absolute atomic E-state index is 11.0. The molecule has 5 nitrogen and oxygen atoms in total. The molecule has 23 heavy (non-hydrogen) atoms. The van der Waals surface area contributed by atoms with Crippen molar-refractivity contribution >= 4 is 23.0 Å². The molecule has 0 amide bonds. The molecule has 2 aromatic rings. The third kappa shape index (κ3) is 3.82. The molecule has 0 fully saturated rings. The van der Waals surface area contributed by atoms with E-state index >= 15 is 0 Å². The normalized spacial score (nSPS) is 10.4. The molecule has 1 aromatic carbocycles. The van der Waals surface area contributed by atoms with E-state index in [0.29, 0.717) is 29.7 Å². The molecular formula is C17H17NO4S. The molecule has 0 aliphatic heterocycles. The van der Waals surface area contributed by atoms with E-state index in [1.54, 1.807) is 24.3 Å². The third-order valence-electron chi connectivity index (χ3n) is 3.04. The number of nitrogens with zero attached hydrogens (tertiary/aromatic N) is 1. The van der Waals surface area contributed by atoms with Gasteiger partial charge in [-0.05, 0) is 35.7 Å². The van der Waals surface area contributed by atoms with Gasteiger partial charge in [0.2, 0.25) is 5.69 Å². The van der Waals surface area contributed by atoms with Crippen molar-refractivity contribution in [2.75, 3.05) is 13.7 Å². The maximum Gasteiger partial charge on any atom is 0.345 e. The monoisotopic (exact) mass is 331 g/mol. The Labute approximate surface area is 138 Å². The summed E-state index contributed by atoms with van der Waals surface area (Å²) in [4.78, 5) is 15.5. The summed E-state index contributed by atoms with van der Waals surface area (Å²) in [5.41, 5.74) is 1.09. The second kappa shape index (κ2) is 7.16. The van der Waals surface area contributed by atoms with Crippen LogP contribution in [0.3, 0.4) is 0 Å². The largest absolute Gasteiger partial charge is 0.501 e. The molecule has 120 valence electrons. The summed E-state index contributed by atoms with van der Waals surface area (Å²) in [6.07, 6.45) is 0. The molecule has 0 radical (unpaired) electrons. The first-order valence-corrected chi connectivity index (χ1v) is 7.83. The Morgan fingerprint density at radius 3 is 2.65 bits per heavy atom. The highest BCUT2D eigenvalue weighted by Crippen LogP contribution is 2.43. The van der Waals surface area contributed by atoms with Gasteiger partial charge in [0.1, 0.15) is 4.88 Å². The summed E-state index contributed by atoms with van der Waals surface area (Å²) in [6.45, 7) is 11.9. The van der Waals surface area contributed by atoms with Gasteiger partial charge < -0.3 is 14.6 Å². The van der Waals surface area contributed by atoms with Crippen LogP contribution in [0.5, 0.6) is 11.5 Å². The van der Waals surface area contributed by atoms with Crippen LogP contribution in [0.15, 0.2) is 24.3 Å². The molecule has 0 aliphatic carbocycles. The number of ether oxygens (including phenoxy) is 2. The van der Waals surface area contributed by atoms with Crippen LogP contribution in [0.1, 0.15) is 23.5 Å². The van der Waals surface area contributed by atoms with Gasteiger partial charge in [-0.15, -0.1) is 11.3 Å². The Balaban J connectivity index is 2.46. The Morgan fingerprint density at radius 2 is 2.13 bits per heavy atom. The maximum atomic E-state index is 11.0. The molecule has 0 unspecified atom stereocenters. The van der Waals surface area contributed by atoms with E-state index in [2.05, 4.69) is 4.85 Å². The number of carboxylic acid groups (broad SMARTS) is 1.